The first-order chi connectivity index (χ1) is 11.8. The van der Waals surface area contributed by atoms with E-state index in [0.29, 0.717) is 0 Å². The zero-order chi connectivity index (χ0) is 16.4. The standard InChI is InChI=1S/C18H23N3O2S/c22-18(20-14-4-9-23-10-5-14)13-2-1-8-21(12-13)17-15-6-11-24-16(15)3-7-19-17/h3,6-7,11,13-14H,1-2,4-5,8-10,12H2,(H,20,22). The van der Waals surface area contributed by atoms with E-state index in [1.165, 1.54) is 10.1 Å². The first kappa shape index (κ1) is 15.8. The van der Waals surface area contributed by atoms with Crippen molar-refractivity contribution < 1.29 is 9.53 Å². The van der Waals surface area contributed by atoms with Gasteiger partial charge in [0.1, 0.15) is 5.82 Å². The number of rotatable bonds is 3. The molecular formula is C18H23N3O2S. The molecule has 4 rings (SSSR count). The molecule has 0 bridgehead atoms. The number of carbonyl (C=O) groups is 1. The van der Waals surface area contributed by atoms with E-state index >= 15 is 0 Å². The van der Waals surface area contributed by atoms with Gasteiger partial charge in [0.25, 0.3) is 0 Å². The number of aromatic nitrogens is 1. The molecule has 1 amide bonds. The highest BCUT2D eigenvalue weighted by molar-refractivity contribution is 7.17. The molecule has 2 saturated heterocycles. The van der Waals surface area contributed by atoms with Crippen molar-refractivity contribution >= 4 is 33.1 Å². The minimum atomic E-state index is 0.0530. The van der Waals surface area contributed by atoms with Crippen molar-refractivity contribution in [2.24, 2.45) is 5.92 Å². The highest BCUT2D eigenvalue weighted by atomic mass is 32.1. The van der Waals surface area contributed by atoms with Gasteiger partial charge in [0, 0.05) is 48.6 Å². The average molecular weight is 345 g/mol. The van der Waals surface area contributed by atoms with Crippen molar-refractivity contribution in [3.8, 4) is 0 Å². The van der Waals surface area contributed by atoms with Crippen LogP contribution in [0.25, 0.3) is 10.1 Å². The van der Waals surface area contributed by atoms with E-state index in [2.05, 4.69) is 32.7 Å². The van der Waals surface area contributed by atoms with Crippen LogP contribution in [0.5, 0.6) is 0 Å². The quantitative estimate of drug-likeness (QED) is 0.929. The number of amides is 1. The fourth-order valence-electron chi connectivity index (χ4n) is 3.68. The van der Waals surface area contributed by atoms with Gasteiger partial charge >= 0.3 is 0 Å². The molecule has 24 heavy (non-hydrogen) atoms. The van der Waals surface area contributed by atoms with Crippen molar-refractivity contribution in [2.75, 3.05) is 31.2 Å². The van der Waals surface area contributed by atoms with Gasteiger partial charge in [0.15, 0.2) is 0 Å². The van der Waals surface area contributed by atoms with E-state index in [0.717, 1.165) is 57.8 Å². The summed E-state index contributed by atoms with van der Waals surface area (Å²) in [5, 5.41) is 6.54. The monoisotopic (exact) mass is 345 g/mol. The Morgan fingerprint density at radius 2 is 2.17 bits per heavy atom. The Hall–Kier alpha value is -1.66. The van der Waals surface area contributed by atoms with Gasteiger partial charge in [-0.15, -0.1) is 11.3 Å². The molecule has 128 valence electrons. The summed E-state index contributed by atoms with van der Waals surface area (Å²) in [6, 6.07) is 4.47. The molecule has 0 saturated carbocycles. The van der Waals surface area contributed by atoms with Crippen LogP contribution in [0.2, 0.25) is 0 Å². The molecule has 0 aromatic carbocycles. The summed E-state index contributed by atoms with van der Waals surface area (Å²) in [5.41, 5.74) is 0. The highest BCUT2D eigenvalue weighted by Crippen LogP contribution is 2.31. The Kier molecular flexibility index (Phi) is 4.67. The van der Waals surface area contributed by atoms with E-state index in [1.54, 1.807) is 11.3 Å². The number of nitrogens with one attached hydrogen (secondary N) is 1. The topological polar surface area (TPSA) is 54.5 Å². The van der Waals surface area contributed by atoms with E-state index in [-0.39, 0.29) is 17.9 Å². The van der Waals surface area contributed by atoms with Crippen LogP contribution in [0.1, 0.15) is 25.7 Å². The summed E-state index contributed by atoms with van der Waals surface area (Å²) in [5.74, 6) is 1.28. The number of anilines is 1. The van der Waals surface area contributed by atoms with Gasteiger partial charge in [0.2, 0.25) is 5.91 Å². The molecule has 1 unspecified atom stereocenters. The molecule has 2 aliphatic heterocycles. The van der Waals surface area contributed by atoms with Crippen LogP contribution >= 0.6 is 11.3 Å². The molecule has 6 heteroatoms. The first-order valence-corrected chi connectivity index (χ1v) is 9.64. The van der Waals surface area contributed by atoms with Gasteiger partial charge in [-0.25, -0.2) is 4.98 Å². The highest BCUT2D eigenvalue weighted by Gasteiger charge is 2.29. The summed E-state index contributed by atoms with van der Waals surface area (Å²) in [4.78, 5) is 19.5. The fourth-order valence-corrected chi connectivity index (χ4v) is 4.45. The lowest BCUT2D eigenvalue weighted by Crippen LogP contribution is -2.47. The average Bonchev–Trinajstić information content (AvgIpc) is 3.11. The van der Waals surface area contributed by atoms with Gasteiger partial charge in [-0.05, 0) is 43.2 Å². The number of piperidine rings is 1. The zero-order valence-electron chi connectivity index (χ0n) is 13.7. The molecule has 0 spiro atoms. The fraction of sp³-hybridized carbons (Fsp3) is 0.556. The lowest BCUT2D eigenvalue weighted by molar-refractivity contribution is -0.126. The number of carbonyl (C=O) groups excluding carboxylic acids is 1. The van der Waals surface area contributed by atoms with Crippen molar-refractivity contribution in [3.05, 3.63) is 23.7 Å². The third-order valence-electron chi connectivity index (χ3n) is 5.02. The second-order valence-electron chi connectivity index (χ2n) is 6.65. The summed E-state index contributed by atoms with van der Waals surface area (Å²) >= 11 is 1.74. The van der Waals surface area contributed by atoms with Crippen molar-refractivity contribution in [1.82, 2.24) is 10.3 Å². The van der Waals surface area contributed by atoms with Crippen LogP contribution < -0.4 is 10.2 Å². The van der Waals surface area contributed by atoms with E-state index in [4.69, 9.17) is 4.74 Å². The summed E-state index contributed by atoms with van der Waals surface area (Å²) in [6.45, 7) is 3.25. The maximum absolute atomic E-state index is 12.7. The number of thiophene rings is 1. The first-order valence-electron chi connectivity index (χ1n) is 8.76. The van der Waals surface area contributed by atoms with E-state index in [9.17, 15) is 4.79 Å². The molecule has 2 aromatic rings. The third-order valence-corrected chi connectivity index (χ3v) is 5.90. The normalized spacial score (nSPS) is 22.7. The molecule has 0 aliphatic carbocycles. The summed E-state index contributed by atoms with van der Waals surface area (Å²) < 4.78 is 6.63. The Labute approximate surface area is 146 Å². The van der Waals surface area contributed by atoms with Crippen LogP contribution in [-0.2, 0) is 9.53 Å². The summed E-state index contributed by atoms with van der Waals surface area (Å²) in [6.07, 6.45) is 5.73. The minimum Gasteiger partial charge on any atom is -0.381 e. The minimum absolute atomic E-state index is 0.0530. The number of pyridine rings is 1. The molecule has 0 radical (unpaired) electrons. The second-order valence-corrected chi connectivity index (χ2v) is 7.60. The third kappa shape index (κ3) is 3.26. The van der Waals surface area contributed by atoms with E-state index < -0.39 is 0 Å². The smallest absolute Gasteiger partial charge is 0.225 e. The molecular weight excluding hydrogens is 322 g/mol. The van der Waals surface area contributed by atoms with Crippen LogP contribution in [-0.4, -0.2) is 43.2 Å². The predicted molar refractivity (Wildman–Crippen MR) is 96.5 cm³/mol. The van der Waals surface area contributed by atoms with Crippen molar-refractivity contribution in [1.29, 1.82) is 0 Å². The number of nitrogens with zero attached hydrogens (tertiary/aromatic N) is 2. The molecule has 5 nitrogen and oxygen atoms in total. The SMILES string of the molecule is O=C(NC1CCOCC1)C1CCCN(c2nccc3sccc23)C1. The summed E-state index contributed by atoms with van der Waals surface area (Å²) in [7, 11) is 0. The van der Waals surface area contributed by atoms with Gasteiger partial charge < -0.3 is 15.0 Å². The zero-order valence-corrected chi connectivity index (χ0v) is 14.6. The maximum Gasteiger partial charge on any atom is 0.225 e. The van der Waals surface area contributed by atoms with Gasteiger partial charge in [-0.1, -0.05) is 0 Å². The van der Waals surface area contributed by atoms with Gasteiger partial charge in [0.05, 0.1) is 5.92 Å². The van der Waals surface area contributed by atoms with Gasteiger partial charge in [-0.2, -0.15) is 0 Å². The maximum atomic E-state index is 12.7. The van der Waals surface area contributed by atoms with Gasteiger partial charge in [-0.3, -0.25) is 4.79 Å². The Morgan fingerprint density at radius 1 is 1.29 bits per heavy atom. The number of hydrogen-bond donors (Lipinski definition) is 1. The molecule has 1 atom stereocenters. The lowest BCUT2D eigenvalue weighted by atomic mass is 9.96. The van der Waals surface area contributed by atoms with Crippen molar-refractivity contribution in [3.63, 3.8) is 0 Å². The number of hydrogen-bond acceptors (Lipinski definition) is 5. The predicted octanol–water partition coefficient (Wildman–Crippen LogP) is 2.81. The molecule has 2 aliphatic rings. The van der Waals surface area contributed by atoms with Crippen LogP contribution in [0.4, 0.5) is 5.82 Å². The number of fused-ring (bicyclic) bond motifs is 1. The molecule has 2 fully saturated rings. The largest absolute Gasteiger partial charge is 0.381 e. The molecule has 4 heterocycles. The van der Waals surface area contributed by atoms with Crippen molar-refractivity contribution in [2.45, 2.75) is 31.7 Å². The Morgan fingerprint density at radius 3 is 3.04 bits per heavy atom. The molecule has 1 N–H and O–H groups in total. The van der Waals surface area contributed by atoms with E-state index in [1.807, 2.05) is 6.20 Å². The lowest BCUT2D eigenvalue weighted by Gasteiger charge is -2.34. The Balaban J connectivity index is 1.45. The van der Waals surface area contributed by atoms with Crippen LogP contribution in [0.15, 0.2) is 23.7 Å². The number of ether oxygens (including phenoxy) is 1. The Bertz CT molecular complexity index is 711. The second kappa shape index (κ2) is 7.07. The van der Waals surface area contributed by atoms with Crippen LogP contribution in [0, 0.1) is 5.92 Å². The van der Waals surface area contributed by atoms with Crippen LogP contribution in [0.3, 0.4) is 0 Å². The molecule has 2 aromatic heterocycles.